The summed E-state index contributed by atoms with van der Waals surface area (Å²) in [7, 11) is 0. The minimum Gasteiger partial charge on any atom is -0.193 e. The molecule has 0 heterocycles. The van der Waals surface area contributed by atoms with E-state index in [-0.39, 0.29) is 0 Å². The maximum Gasteiger partial charge on any atom is 0.0905 e. The standard InChI is InChI=1S/C9H12.C8H8.C3H3N.C3H6.C2H4/c1-2-8-5-7-3-4-9(8)6-7;1-2-8-6-4-3-5-7-8;1-2-3-4;1-3-2;1-2/h2-4,7,9H,5-6H2,1H3;2-7H,1H2;2H,1H2;3H,1H2,2H3;1-2H2. The number of fused-ring (bicyclic) bond motifs is 2. The van der Waals surface area contributed by atoms with Gasteiger partial charge in [0.15, 0.2) is 0 Å². The largest absolute Gasteiger partial charge is 0.193 e. The Bertz CT molecular complexity index is 599. The maximum atomic E-state index is 7.51. The van der Waals surface area contributed by atoms with Gasteiger partial charge in [0.25, 0.3) is 0 Å². The van der Waals surface area contributed by atoms with E-state index in [4.69, 9.17) is 5.26 Å². The molecule has 2 unspecified atom stereocenters. The number of nitrogens with zero attached hydrogens (tertiary/aromatic N) is 1. The van der Waals surface area contributed by atoms with Crippen molar-refractivity contribution in [2.24, 2.45) is 11.8 Å². The molecule has 138 valence electrons. The van der Waals surface area contributed by atoms with Gasteiger partial charge in [-0.25, -0.2) is 0 Å². The van der Waals surface area contributed by atoms with Crippen molar-refractivity contribution in [1.82, 2.24) is 0 Å². The van der Waals surface area contributed by atoms with Crippen molar-refractivity contribution in [2.75, 3.05) is 0 Å². The average Bonchev–Trinajstić information content (AvgIpc) is 3.35. The van der Waals surface area contributed by atoms with E-state index in [0.29, 0.717) is 0 Å². The van der Waals surface area contributed by atoms with Gasteiger partial charge < -0.3 is 0 Å². The summed E-state index contributed by atoms with van der Waals surface area (Å²) in [6.07, 6.45) is 14.5. The summed E-state index contributed by atoms with van der Waals surface area (Å²) >= 11 is 0. The molecule has 1 heteroatoms. The molecule has 1 aromatic carbocycles. The quantitative estimate of drug-likeness (QED) is 0.380. The lowest BCUT2D eigenvalue weighted by atomic mass is 10.0. The summed E-state index contributed by atoms with van der Waals surface area (Å²) in [5.41, 5.74) is 2.84. The van der Waals surface area contributed by atoms with Gasteiger partial charge in [-0.3, -0.25) is 0 Å². The Kier molecular flexibility index (Phi) is 18.1. The number of rotatable bonds is 1. The summed E-state index contributed by atoms with van der Waals surface area (Å²) in [6.45, 7) is 20.2. The monoisotopic (exact) mass is 347 g/mol. The minimum absolute atomic E-state index is 0.833. The topological polar surface area (TPSA) is 23.8 Å². The van der Waals surface area contributed by atoms with E-state index >= 15 is 0 Å². The van der Waals surface area contributed by atoms with Gasteiger partial charge in [0, 0.05) is 6.08 Å². The van der Waals surface area contributed by atoms with Gasteiger partial charge in [0.2, 0.25) is 0 Å². The van der Waals surface area contributed by atoms with E-state index in [0.717, 1.165) is 11.8 Å². The lowest BCUT2D eigenvalue weighted by Crippen LogP contribution is -1.90. The highest BCUT2D eigenvalue weighted by atomic mass is 14.3. The van der Waals surface area contributed by atoms with E-state index in [1.165, 1.54) is 24.5 Å². The Morgan fingerprint density at radius 3 is 1.81 bits per heavy atom. The van der Waals surface area contributed by atoms with Gasteiger partial charge in [-0.15, -0.1) is 19.7 Å². The summed E-state index contributed by atoms with van der Waals surface area (Å²) in [5, 5.41) is 7.51. The molecule has 26 heavy (non-hydrogen) atoms. The van der Waals surface area contributed by atoms with Crippen LogP contribution < -0.4 is 0 Å². The molecule has 0 aliphatic heterocycles. The molecule has 0 amide bonds. The molecular weight excluding hydrogens is 314 g/mol. The van der Waals surface area contributed by atoms with Crippen LogP contribution in [-0.2, 0) is 0 Å². The zero-order chi connectivity index (χ0) is 20.2. The second-order valence-corrected chi connectivity index (χ2v) is 5.41. The molecule has 0 spiro atoms. The van der Waals surface area contributed by atoms with Crippen LogP contribution in [0.1, 0.15) is 32.3 Å². The lowest BCUT2D eigenvalue weighted by Gasteiger charge is -2.05. The van der Waals surface area contributed by atoms with Crippen LogP contribution in [0.25, 0.3) is 6.08 Å². The second-order valence-electron chi connectivity index (χ2n) is 5.41. The number of hydrogen-bond acceptors (Lipinski definition) is 1. The Balaban J connectivity index is 0. The predicted molar refractivity (Wildman–Crippen MR) is 119 cm³/mol. The Hall–Kier alpha value is -2.85. The van der Waals surface area contributed by atoms with E-state index in [1.54, 1.807) is 17.7 Å². The van der Waals surface area contributed by atoms with Crippen LogP contribution in [0.4, 0.5) is 0 Å². The van der Waals surface area contributed by atoms with Gasteiger partial charge in [-0.2, -0.15) is 5.26 Å². The summed E-state index contributed by atoms with van der Waals surface area (Å²) < 4.78 is 0. The van der Waals surface area contributed by atoms with Crippen LogP contribution in [0.5, 0.6) is 0 Å². The van der Waals surface area contributed by atoms with E-state index in [1.807, 2.05) is 43.3 Å². The molecule has 0 aromatic heterocycles. The van der Waals surface area contributed by atoms with Crippen molar-refractivity contribution < 1.29 is 0 Å². The van der Waals surface area contributed by atoms with Crippen LogP contribution in [0.15, 0.2) is 99.2 Å². The highest BCUT2D eigenvalue weighted by Crippen LogP contribution is 2.42. The summed E-state index contributed by atoms with van der Waals surface area (Å²) in [6, 6.07) is 11.7. The van der Waals surface area contributed by atoms with Crippen molar-refractivity contribution in [1.29, 1.82) is 5.26 Å². The first-order valence-electron chi connectivity index (χ1n) is 8.75. The van der Waals surface area contributed by atoms with Crippen molar-refractivity contribution in [3.8, 4) is 6.07 Å². The first kappa shape index (κ1) is 25.4. The third kappa shape index (κ3) is 11.6. The van der Waals surface area contributed by atoms with Crippen LogP contribution in [0.2, 0.25) is 0 Å². The Morgan fingerprint density at radius 2 is 1.58 bits per heavy atom. The van der Waals surface area contributed by atoms with Crippen LogP contribution >= 0.6 is 0 Å². The zero-order valence-corrected chi connectivity index (χ0v) is 16.4. The minimum atomic E-state index is 0.833. The van der Waals surface area contributed by atoms with Gasteiger partial charge in [0.05, 0.1) is 6.07 Å². The van der Waals surface area contributed by atoms with Gasteiger partial charge >= 0.3 is 0 Å². The zero-order valence-electron chi connectivity index (χ0n) is 16.4. The molecular formula is C25H33N. The molecule has 1 aromatic rings. The van der Waals surface area contributed by atoms with Crippen LogP contribution in [-0.4, -0.2) is 0 Å². The molecule has 2 aliphatic rings. The summed E-state index contributed by atoms with van der Waals surface area (Å²) in [4.78, 5) is 0. The fourth-order valence-corrected chi connectivity index (χ4v) is 2.58. The van der Waals surface area contributed by atoms with Gasteiger partial charge in [-0.05, 0) is 44.1 Å². The van der Waals surface area contributed by atoms with Crippen LogP contribution in [0, 0.1) is 23.2 Å². The Morgan fingerprint density at radius 1 is 1.04 bits per heavy atom. The molecule has 2 aliphatic carbocycles. The van der Waals surface area contributed by atoms with E-state index in [9.17, 15) is 0 Å². The van der Waals surface area contributed by atoms with Crippen molar-refractivity contribution >= 4 is 6.08 Å². The number of allylic oxidation sites excluding steroid dienone is 6. The molecule has 0 saturated heterocycles. The fraction of sp³-hybridized carbons (Fsp3) is 0.240. The van der Waals surface area contributed by atoms with Gasteiger partial charge in [-0.1, -0.05) is 79.4 Å². The highest BCUT2D eigenvalue weighted by molar-refractivity contribution is 5.45. The number of hydrogen-bond donors (Lipinski definition) is 0. The molecule has 2 atom stereocenters. The third-order valence-electron chi connectivity index (χ3n) is 3.64. The van der Waals surface area contributed by atoms with Gasteiger partial charge in [0.1, 0.15) is 0 Å². The molecule has 1 fully saturated rings. The highest BCUT2D eigenvalue weighted by Gasteiger charge is 2.29. The first-order valence-corrected chi connectivity index (χ1v) is 8.75. The normalized spacial score (nSPS) is 18.7. The second kappa shape index (κ2) is 18.5. The van der Waals surface area contributed by atoms with Crippen LogP contribution in [0.3, 0.4) is 0 Å². The Labute approximate surface area is 161 Å². The number of nitriles is 1. The molecule has 2 bridgehead atoms. The smallest absolute Gasteiger partial charge is 0.0905 e. The van der Waals surface area contributed by atoms with Crippen molar-refractivity contribution in [2.45, 2.75) is 26.7 Å². The molecule has 0 radical (unpaired) electrons. The molecule has 1 nitrogen and oxygen atoms in total. The van der Waals surface area contributed by atoms with E-state index in [2.05, 4.69) is 58.0 Å². The average molecular weight is 348 g/mol. The lowest BCUT2D eigenvalue weighted by molar-refractivity contribution is 0.693. The molecule has 0 N–H and O–H groups in total. The number of benzene rings is 1. The summed E-state index contributed by atoms with van der Waals surface area (Å²) in [5.74, 6) is 1.74. The van der Waals surface area contributed by atoms with E-state index < -0.39 is 0 Å². The van der Waals surface area contributed by atoms with Crippen molar-refractivity contribution in [3.05, 3.63) is 105 Å². The first-order chi connectivity index (χ1) is 12.7. The van der Waals surface area contributed by atoms with Crippen molar-refractivity contribution in [3.63, 3.8) is 0 Å². The molecule has 1 saturated carbocycles. The third-order valence-corrected chi connectivity index (χ3v) is 3.64. The SMILES string of the molecule is C=C.C=CC.C=CC#N.C=Cc1ccccc1.CC=C1CC2C=CC1C2. The maximum absolute atomic E-state index is 7.51. The fourth-order valence-electron chi connectivity index (χ4n) is 2.58. The predicted octanol–water partition coefficient (Wildman–Crippen LogP) is 7.55. The molecule has 3 rings (SSSR count).